The molecule has 5 nitrogen and oxygen atoms in total. The van der Waals surface area contributed by atoms with Crippen molar-refractivity contribution in [1.82, 2.24) is 5.32 Å². The topological polar surface area (TPSA) is 56.9 Å². The molecular formula is C15H17N3O2. The molecule has 0 aliphatic carbocycles. The predicted molar refractivity (Wildman–Crippen MR) is 75.9 cm³/mol. The zero-order valence-corrected chi connectivity index (χ0v) is 11.2. The van der Waals surface area contributed by atoms with E-state index in [-0.39, 0.29) is 12.5 Å². The largest absolute Gasteiger partial charge is 0.395 e. The van der Waals surface area contributed by atoms with Gasteiger partial charge in [0.15, 0.2) is 5.69 Å². The van der Waals surface area contributed by atoms with Crippen molar-refractivity contribution in [3.05, 3.63) is 35.2 Å². The van der Waals surface area contributed by atoms with Gasteiger partial charge in [-0.25, -0.2) is 4.85 Å². The molecule has 1 fully saturated rings. The second kappa shape index (κ2) is 4.89. The van der Waals surface area contributed by atoms with Crippen LogP contribution in [0.5, 0.6) is 0 Å². The Bertz CT molecular complexity index is 585. The molecule has 1 aromatic carbocycles. The minimum atomic E-state index is -0.504. The van der Waals surface area contributed by atoms with Crippen LogP contribution in [0.2, 0.25) is 0 Å². The van der Waals surface area contributed by atoms with Gasteiger partial charge < -0.3 is 15.3 Å². The highest BCUT2D eigenvalue weighted by molar-refractivity contribution is 6.08. The molecule has 2 aliphatic rings. The zero-order chi connectivity index (χ0) is 14.2. The van der Waals surface area contributed by atoms with Crippen LogP contribution in [0.4, 0.5) is 11.4 Å². The number of aliphatic hydroxyl groups excluding tert-OH is 1. The molecule has 0 saturated carbocycles. The monoisotopic (exact) mass is 271 g/mol. The lowest BCUT2D eigenvalue weighted by atomic mass is 9.74. The Kier molecular flexibility index (Phi) is 3.20. The number of rotatable bonds is 2. The molecule has 3 rings (SSSR count). The third-order valence-corrected chi connectivity index (χ3v) is 4.35. The zero-order valence-electron chi connectivity index (χ0n) is 11.2. The molecule has 1 spiro atoms. The first kappa shape index (κ1) is 13.1. The van der Waals surface area contributed by atoms with Crippen molar-refractivity contribution in [2.45, 2.75) is 18.3 Å². The van der Waals surface area contributed by atoms with Crippen LogP contribution in [0.1, 0.15) is 18.4 Å². The molecule has 1 aromatic rings. The number of hydrogen-bond donors (Lipinski definition) is 2. The average Bonchev–Trinajstić information content (AvgIpc) is 2.71. The van der Waals surface area contributed by atoms with Crippen LogP contribution >= 0.6 is 0 Å². The summed E-state index contributed by atoms with van der Waals surface area (Å²) in [6, 6.07) is 5.43. The van der Waals surface area contributed by atoms with Gasteiger partial charge in [-0.2, -0.15) is 0 Å². The SMILES string of the molecule is [C-]#[N+]c1ccc2c(c1)C1(CCNCC1)C(=O)N2CCO. The maximum atomic E-state index is 12.8. The third-order valence-electron chi connectivity index (χ3n) is 4.35. The quantitative estimate of drug-likeness (QED) is 0.795. The lowest BCUT2D eigenvalue weighted by Gasteiger charge is -2.33. The van der Waals surface area contributed by atoms with Crippen molar-refractivity contribution in [3.63, 3.8) is 0 Å². The van der Waals surface area contributed by atoms with Crippen LogP contribution in [0.3, 0.4) is 0 Å². The van der Waals surface area contributed by atoms with E-state index in [2.05, 4.69) is 10.2 Å². The van der Waals surface area contributed by atoms with Crippen molar-refractivity contribution < 1.29 is 9.90 Å². The van der Waals surface area contributed by atoms with Crippen LogP contribution in [0, 0.1) is 6.57 Å². The van der Waals surface area contributed by atoms with E-state index >= 15 is 0 Å². The highest BCUT2D eigenvalue weighted by Gasteiger charge is 2.50. The fourth-order valence-corrected chi connectivity index (χ4v) is 3.35. The summed E-state index contributed by atoms with van der Waals surface area (Å²) in [6.45, 7) is 9.04. The van der Waals surface area contributed by atoms with Gasteiger partial charge in [0.25, 0.3) is 0 Å². The minimum absolute atomic E-state index is 0.0515. The standard InChI is InChI=1S/C15H17N3O2/c1-16-11-2-3-13-12(10-11)15(4-6-17-7-5-15)14(20)18(13)8-9-19/h2-3,10,17,19H,4-9H2. The molecule has 2 N–H and O–H groups in total. The molecule has 1 amide bonds. The van der Waals surface area contributed by atoms with Gasteiger partial charge in [0, 0.05) is 12.2 Å². The number of carbonyl (C=O) groups excluding carboxylic acids is 1. The number of anilines is 1. The number of β-amino-alcohol motifs (C(OH)–C–C–N with tert-alkyl or cyclic N) is 1. The minimum Gasteiger partial charge on any atom is -0.395 e. The number of aliphatic hydroxyl groups is 1. The lowest BCUT2D eigenvalue weighted by molar-refractivity contribution is -0.124. The van der Waals surface area contributed by atoms with Gasteiger partial charge in [-0.3, -0.25) is 4.79 Å². The molecule has 0 aromatic heterocycles. The number of nitrogens with one attached hydrogen (secondary N) is 1. The van der Waals surface area contributed by atoms with Crippen LogP contribution in [-0.2, 0) is 10.2 Å². The van der Waals surface area contributed by atoms with Crippen LogP contribution in [0.25, 0.3) is 4.85 Å². The first-order valence-corrected chi connectivity index (χ1v) is 6.88. The summed E-state index contributed by atoms with van der Waals surface area (Å²) in [5.74, 6) is 0.0742. The number of carbonyl (C=O) groups is 1. The van der Waals surface area contributed by atoms with Crippen LogP contribution in [-0.4, -0.2) is 37.3 Å². The van der Waals surface area contributed by atoms with E-state index in [4.69, 9.17) is 6.57 Å². The fourth-order valence-electron chi connectivity index (χ4n) is 3.35. The van der Waals surface area contributed by atoms with Gasteiger partial charge in [0.05, 0.1) is 18.6 Å². The molecular weight excluding hydrogens is 254 g/mol. The van der Waals surface area contributed by atoms with E-state index < -0.39 is 5.41 Å². The molecule has 0 bridgehead atoms. The summed E-state index contributed by atoms with van der Waals surface area (Å²) < 4.78 is 0. The molecule has 0 radical (unpaired) electrons. The summed E-state index contributed by atoms with van der Waals surface area (Å²) in [4.78, 5) is 18.0. The fraction of sp³-hybridized carbons (Fsp3) is 0.467. The van der Waals surface area contributed by atoms with Crippen molar-refractivity contribution in [2.75, 3.05) is 31.1 Å². The molecule has 5 heteroatoms. The van der Waals surface area contributed by atoms with Gasteiger partial charge in [-0.1, -0.05) is 12.1 Å². The van der Waals surface area contributed by atoms with Gasteiger partial charge in [-0.05, 0) is 37.6 Å². The number of amides is 1. The number of nitrogens with zero attached hydrogens (tertiary/aromatic N) is 2. The van der Waals surface area contributed by atoms with Crippen molar-refractivity contribution >= 4 is 17.3 Å². The summed E-state index contributed by atoms with van der Waals surface area (Å²) in [5.41, 5.74) is 1.89. The van der Waals surface area contributed by atoms with Crippen LogP contribution < -0.4 is 10.2 Å². The van der Waals surface area contributed by atoms with Gasteiger partial charge in [0.2, 0.25) is 5.91 Å². The maximum absolute atomic E-state index is 12.8. The van der Waals surface area contributed by atoms with E-state index in [1.165, 1.54) is 0 Å². The summed E-state index contributed by atoms with van der Waals surface area (Å²) >= 11 is 0. The third kappa shape index (κ3) is 1.73. The average molecular weight is 271 g/mol. The summed E-state index contributed by atoms with van der Waals surface area (Å²) in [5, 5.41) is 12.5. The Morgan fingerprint density at radius 1 is 1.40 bits per heavy atom. The van der Waals surface area contributed by atoms with Gasteiger partial charge >= 0.3 is 0 Å². The van der Waals surface area contributed by atoms with Crippen molar-refractivity contribution in [1.29, 1.82) is 0 Å². The Morgan fingerprint density at radius 2 is 2.15 bits per heavy atom. The highest BCUT2D eigenvalue weighted by Crippen LogP contribution is 2.48. The predicted octanol–water partition coefficient (Wildman–Crippen LogP) is 1.20. The first-order chi connectivity index (χ1) is 9.73. The summed E-state index contributed by atoms with van der Waals surface area (Å²) in [6.07, 6.45) is 1.50. The second-order valence-electron chi connectivity index (χ2n) is 5.33. The van der Waals surface area contributed by atoms with E-state index in [1.807, 2.05) is 12.1 Å². The molecule has 104 valence electrons. The maximum Gasteiger partial charge on any atom is 0.237 e. The van der Waals surface area contributed by atoms with Crippen molar-refractivity contribution in [2.24, 2.45) is 0 Å². The molecule has 20 heavy (non-hydrogen) atoms. The van der Waals surface area contributed by atoms with E-state index in [0.717, 1.165) is 37.2 Å². The Morgan fingerprint density at radius 3 is 2.80 bits per heavy atom. The first-order valence-electron chi connectivity index (χ1n) is 6.88. The number of fused-ring (bicyclic) bond motifs is 2. The Balaban J connectivity index is 2.14. The Labute approximate surface area is 118 Å². The molecule has 1 saturated heterocycles. The second-order valence-corrected chi connectivity index (χ2v) is 5.33. The van der Waals surface area contributed by atoms with Crippen LogP contribution in [0.15, 0.2) is 18.2 Å². The normalized spacial score (nSPS) is 20.0. The molecule has 0 unspecified atom stereocenters. The molecule has 2 heterocycles. The lowest BCUT2D eigenvalue weighted by Crippen LogP contribution is -2.47. The van der Waals surface area contributed by atoms with E-state index in [1.54, 1.807) is 11.0 Å². The number of hydrogen-bond acceptors (Lipinski definition) is 3. The Hall–Kier alpha value is -1.90. The van der Waals surface area contributed by atoms with E-state index in [0.29, 0.717) is 12.2 Å². The van der Waals surface area contributed by atoms with Crippen molar-refractivity contribution in [3.8, 4) is 0 Å². The van der Waals surface area contributed by atoms with Gasteiger partial charge in [0.1, 0.15) is 0 Å². The molecule has 0 atom stereocenters. The molecule has 2 aliphatic heterocycles. The smallest absolute Gasteiger partial charge is 0.237 e. The van der Waals surface area contributed by atoms with E-state index in [9.17, 15) is 9.90 Å². The number of piperidine rings is 1. The highest BCUT2D eigenvalue weighted by atomic mass is 16.3. The number of benzene rings is 1. The van der Waals surface area contributed by atoms with Gasteiger partial charge in [-0.15, -0.1) is 0 Å². The summed E-state index contributed by atoms with van der Waals surface area (Å²) in [7, 11) is 0.